The number of piperidine rings is 1. The summed E-state index contributed by atoms with van der Waals surface area (Å²) in [5.74, 6) is 1.53. The third-order valence-electron chi connectivity index (χ3n) is 6.01. The first kappa shape index (κ1) is 18.0. The number of phenols is 1. The third kappa shape index (κ3) is 3.42. The maximum absolute atomic E-state index is 10.5. The van der Waals surface area contributed by atoms with Gasteiger partial charge >= 0.3 is 0 Å². The Morgan fingerprint density at radius 1 is 1.07 bits per heavy atom. The van der Waals surface area contributed by atoms with Gasteiger partial charge in [-0.05, 0) is 62.1 Å². The molecule has 29 heavy (non-hydrogen) atoms. The molecular weight excluding hydrogens is 368 g/mol. The number of hydrogen-bond acceptors (Lipinski definition) is 8. The van der Waals surface area contributed by atoms with Crippen molar-refractivity contribution >= 4 is 5.82 Å². The number of benzene rings is 1. The molecule has 2 aromatic heterocycles. The molecule has 2 aliphatic heterocycles. The number of tetrazole rings is 1. The molecule has 4 heterocycles. The van der Waals surface area contributed by atoms with Crippen molar-refractivity contribution in [1.29, 1.82) is 0 Å². The van der Waals surface area contributed by atoms with Gasteiger partial charge in [-0.1, -0.05) is 0 Å². The Kier molecular flexibility index (Phi) is 4.39. The van der Waals surface area contributed by atoms with E-state index in [9.17, 15) is 5.11 Å². The van der Waals surface area contributed by atoms with Gasteiger partial charge in [0.05, 0.1) is 11.4 Å². The lowest BCUT2D eigenvalue weighted by atomic mass is 9.98. The number of nitrogens with one attached hydrogen (secondary N) is 1. The van der Waals surface area contributed by atoms with Crippen LogP contribution in [0.2, 0.25) is 0 Å². The van der Waals surface area contributed by atoms with E-state index in [2.05, 4.69) is 42.9 Å². The zero-order valence-electron chi connectivity index (χ0n) is 16.5. The van der Waals surface area contributed by atoms with E-state index in [0.717, 1.165) is 18.7 Å². The summed E-state index contributed by atoms with van der Waals surface area (Å²) >= 11 is 0. The van der Waals surface area contributed by atoms with E-state index in [4.69, 9.17) is 0 Å². The summed E-state index contributed by atoms with van der Waals surface area (Å²) in [7, 11) is 2.10. The van der Waals surface area contributed by atoms with Crippen molar-refractivity contribution in [2.75, 3.05) is 11.9 Å². The van der Waals surface area contributed by atoms with Gasteiger partial charge in [0.2, 0.25) is 0 Å². The summed E-state index contributed by atoms with van der Waals surface area (Å²) < 4.78 is 0. The van der Waals surface area contributed by atoms with Gasteiger partial charge in [0.15, 0.2) is 11.6 Å². The Morgan fingerprint density at radius 2 is 1.86 bits per heavy atom. The van der Waals surface area contributed by atoms with Crippen LogP contribution in [-0.2, 0) is 0 Å². The van der Waals surface area contributed by atoms with Crippen LogP contribution < -0.4 is 10.2 Å². The molecule has 2 aliphatic rings. The normalized spacial score (nSPS) is 23.3. The quantitative estimate of drug-likeness (QED) is 0.693. The average Bonchev–Trinajstić information content (AvgIpc) is 3.32. The highest BCUT2D eigenvalue weighted by molar-refractivity contribution is 5.68. The molecule has 0 radical (unpaired) electrons. The number of anilines is 1. The molecule has 0 unspecified atom stereocenters. The fourth-order valence-corrected chi connectivity index (χ4v) is 4.44. The minimum atomic E-state index is 0.0998. The van der Waals surface area contributed by atoms with E-state index in [1.807, 2.05) is 18.2 Å². The number of aryl methyl sites for hydroxylation is 1. The van der Waals surface area contributed by atoms with Crippen LogP contribution in [0.3, 0.4) is 0 Å². The number of aromatic nitrogens is 6. The second-order valence-electron chi connectivity index (χ2n) is 7.98. The largest absolute Gasteiger partial charge is 0.507 e. The summed E-state index contributed by atoms with van der Waals surface area (Å²) in [4.78, 5) is 3.62. The predicted molar refractivity (Wildman–Crippen MR) is 108 cm³/mol. The predicted octanol–water partition coefficient (Wildman–Crippen LogP) is 1.85. The number of hydrogen-bond donors (Lipinski definition) is 2. The number of aromatic hydroxyl groups is 1. The Hall–Kier alpha value is -3.07. The van der Waals surface area contributed by atoms with E-state index in [1.54, 1.807) is 19.1 Å². The summed E-state index contributed by atoms with van der Waals surface area (Å²) in [5.41, 5.74) is 1.88. The SMILES string of the molecule is Cc1nnn(-c2ccc(-c3ccc(N(C)[C@@H]4C[C@H]5CC[C@@H](C4)N5)nn3)c(O)c2)n1. The minimum absolute atomic E-state index is 0.0998. The van der Waals surface area contributed by atoms with Gasteiger partial charge in [0, 0.05) is 36.8 Å². The third-order valence-corrected chi connectivity index (χ3v) is 6.01. The van der Waals surface area contributed by atoms with Crippen molar-refractivity contribution in [2.24, 2.45) is 0 Å². The molecule has 0 saturated carbocycles. The highest BCUT2D eigenvalue weighted by Gasteiger charge is 2.35. The van der Waals surface area contributed by atoms with Gasteiger partial charge in [-0.2, -0.15) is 0 Å². The van der Waals surface area contributed by atoms with Gasteiger partial charge in [-0.25, -0.2) is 0 Å². The monoisotopic (exact) mass is 392 g/mol. The van der Waals surface area contributed by atoms with E-state index in [0.29, 0.717) is 40.9 Å². The van der Waals surface area contributed by atoms with Crippen LogP contribution in [0.15, 0.2) is 30.3 Å². The Bertz CT molecular complexity index is 1010. The number of phenolic OH excluding ortho intramolecular Hbond substituents is 1. The number of fused-ring (bicyclic) bond motifs is 2. The van der Waals surface area contributed by atoms with Crippen molar-refractivity contribution in [2.45, 2.75) is 50.7 Å². The maximum Gasteiger partial charge on any atom is 0.172 e. The van der Waals surface area contributed by atoms with Gasteiger partial charge in [0.1, 0.15) is 5.75 Å². The molecule has 3 atom stereocenters. The fourth-order valence-electron chi connectivity index (χ4n) is 4.44. The zero-order chi connectivity index (χ0) is 20.0. The molecule has 0 spiro atoms. The van der Waals surface area contributed by atoms with Crippen molar-refractivity contribution in [3.05, 3.63) is 36.2 Å². The molecule has 2 bridgehead atoms. The Labute approximate surface area is 168 Å². The van der Waals surface area contributed by atoms with Crippen molar-refractivity contribution in [3.63, 3.8) is 0 Å². The lowest BCUT2D eigenvalue weighted by Gasteiger charge is -2.36. The van der Waals surface area contributed by atoms with Crippen molar-refractivity contribution < 1.29 is 5.11 Å². The zero-order valence-corrected chi connectivity index (χ0v) is 16.5. The molecule has 9 nitrogen and oxygen atoms in total. The van der Waals surface area contributed by atoms with Crippen molar-refractivity contribution in [3.8, 4) is 22.7 Å². The summed E-state index contributed by atoms with van der Waals surface area (Å²) in [6, 6.07) is 10.8. The van der Waals surface area contributed by atoms with Crippen LogP contribution >= 0.6 is 0 Å². The van der Waals surface area contributed by atoms with Crippen LogP contribution in [0.25, 0.3) is 16.9 Å². The van der Waals surface area contributed by atoms with E-state index >= 15 is 0 Å². The molecule has 150 valence electrons. The van der Waals surface area contributed by atoms with Gasteiger partial charge < -0.3 is 15.3 Å². The molecule has 9 heteroatoms. The molecule has 0 amide bonds. The molecule has 2 N–H and O–H groups in total. The Balaban J connectivity index is 1.34. The first-order chi connectivity index (χ1) is 14.1. The van der Waals surface area contributed by atoms with E-state index < -0.39 is 0 Å². The molecule has 2 fully saturated rings. The fraction of sp³-hybridized carbons (Fsp3) is 0.450. The first-order valence-corrected chi connectivity index (χ1v) is 10.00. The molecule has 5 rings (SSSR count). The standard InChI is InChI=1S/C20H24N8O/c1-12-22-26-28(25-12)15-5-6-17(19(29)11-15)18-7-8-20(24-23-18)27(2)16-9-13-3-4-14(10-16)21-13/h5-8,11,13-14,16,21,29H,3-4,9-10H2,1-2H3/t13-,14+,16-. The van der Waals surface area contributed by atoms with Crippen LogP contribution in [0, 0.1) is 6.92 Å². The molecule has 2 saturated heterocycles. The van der Waals surface area contributed by atoms with E-state index in [-0.39, 0.29) is 5.75 Å². The van der Waals surface area contributed by atoms with E-state index in [1.165, 1.54) is 17.6 Å². The second-order valence-corrected chi connectivity index (χ2v) is 7.98. The maximum atomic E-state index is 10.5. The highest BCUT2D eigenvalue weighted by atomic mass is 16.3. The molecule has 1 aromatic carbocycles. The van der Waals surface area contributed by atoms with Gasteiger partial charge in [0.25, 0.3) is 0 Å². The molecular formula is C20H24N8O. The Morgan fingerprint density at radius 3 is 2.48 bits per heavy atom. The van der Waals surface area contributed by atoms with Crippen LogP contribution in [0.1, 0.15) is 31.5 Å². The number of nitrogens with zero attached hydrogens (tertiary/aromatic N) is 7. The molecule has 0 aliphatic carbocycles. The first-order valence-electron chi connectivity index (χ1n) is 10.00. The van der Waals surface area contributed by atoms with Crippen LogP contribution in [0.5, 0.6) is 5.75 Å². The number of rotatable bonds is 4. The van der Waals surface area contributed by atoms with Gasteiger partial charge in [-0.3, -0.25) is 0 Å². The van der Waals surface area contributed by atoms with Crippen LogP contribution in [-0.4, -0.2) is 60.7 Å². The minimum Gasteiger partial charge on any atom is -0.507 e. The smallest absolute Gasteiger partial charge is 0.172 e. The lowest BCUT2D eigenvalue weighted by molar-refractivity contribution is 0.353. The second kappa shape index (κ2) is 7.07. The lowest BCUT2D eigenvalue weighted by Crippen LogP contribution is -2.47. The topological polar surface area (TPSA) is 105 Å². The summed E-state index contributed by atoms with van der Waals surface area (Å²) in [6.07, 6.45) is 4.85. The van der Waals surface area contributed by atoms with Gasteiger partial charge in [-0.15, -0.1) is 25.2 Å². The average molecular weight is 392 g/mol. The molecule has 3 aromatic rings. The van der Waals surface area contributed by atoms with Crippen molar-refractivity contribution in [1.82, 2.24) is 35.7 Å². The van der Waals surface area contributed by atoms with Crippen LogP contribution in [0.4, 0.5) is 5.82 Å². The highest BCUT2D eigenvalue weighted by Crippen LogP contribution is 2.32. The summed E-state index contributed by atoms with van der Waals surface area (Å²) in [6.45, 7) is 1.76. The summed E-state index contributed by atoms with van der Waals surface area (Å²) in [5, 5.41) is 34.9.